The minimum absolute atomic E-state index is 0.00889. The lowest BCUT2D eigenvalue weighted by atomic mass is 9.96. The Bertz CT molecular complexity index is 718. The summed E-state index contributed by atoms with van der Waals surface area (Å²) in [6, 6.07) is 16.5. The molecule has 138 valence electrons. The summed E-state index contributed by atoms with van der Waals surface area (Å²) in [6.45, 7) is 4.55. The maximum atomic E-state index is 12.0. The first-order valence-corrected chi connectivity index (χ1v) is 8.94. The zero-order chi connectivity index (χ0) is 18.9. The molecule has 2 rings (SSSR count). The van der Waals surface area contributed by atoms with Crippen molar-refractivity contribution in [3.63, 3.8) is 0 Å². The van der Waals surface area contributed by atoms with Gasteiger partial charge in [-0.05, 0) is 29.2 Å². The van der Waals surface area contributed by atoms with Gasteiger partial charge in [-0.2, -0.15) is 0 Å². The van der Waals surface area contributed by atoms with Crippen LogP contribution in [0.5, 0.6) is 0 Å². The Balaban J connectivity index is 1.80. The van der Waals surface area contributed by atoms with Gasteiger partial charge < -0.3 is 10.6 Å². The van der Waals surface area contributed by atoms with Gasteiger partial charge in [0.2, 0.25) is 5.91 Å². The van der Waals surface area contributed by atoms with E-state index in [-0.39, 0.29) is 24.4 Å². The zero-order valence-electron chi connectivity index (χ0n) is 15.0. The van der Waals surface area contributed by atoms with Crippen molar-refractivity contribution in [2.24, 2.45) is 5.92 Å². The van der Waals surface area contributed by atoms with Crippen molar-refractivity contribution >= 4 is 23.5 Å². The first-order chi connectivity index (χ1) is 12.5. The predicted octanol–water partition coefficient (Wildman–Crippen LogP) is 3.65. The number of hydrogen-bond donors (Lipinski definition) is 3. The average Bonchev–Trinajstić information content (AvgIpc) is 2.62. The topological polar surface area (TPSA) is 70.2 Å². The molecule has 0 radical (unpaired) electrons. The Labute approximate surface area is 159 Å². The molecule has 6 heteroatoms. The molecular weight excluding hydrogens is 350 g/mol. The highest BCUT2D eigenvalue weighted by atomic mass is 35.5. The van der Waals surface area contributed by atoms with E-state index < -0.39 is 6.03 Å². The van der Waals surface area contributed by atoms with Crippen LogP contribution >= 0.6 is 11.6 Å². The van der Waals surface area contributed by atoms with Gasteiger partial charge in [0.15, 0.2) is 0 Å². The van der Waals surface area contributed by atoms with Crippen molar-refractivity contribution in [2.75, 3.05) is 6.54 Å². The van der Waals surface area contributed by atoms with E-state index in [1.807, 2.05) is 54.6 Å². The molecule has 1 atom stereocenters. The van der Waals surface area contributed by atoms with Crippen LogP contribution in [-0.4, -0.2) is 18.5 Å². The lowest BCUT2D eigenvalue weighted by Gasteiger charge is -2.22. The van der Waals surface area contributed by atoms with Gasteiger partial charge in [-0.1, -0.05) is 67.9 Å². The van der Waals surface area contributed by atoms with Gasteiger partial charge >= 0.3 is 6.03 Å². The van der Waals surface area contributed by atoms with Gasteiger partial charge in [0.1, 0.15) is 0 Å². The number of halogens is 1. The number of imide groups is 1. The monoisotopic (exact) mass is 373 g/mol. The zero-order valence-corrected chi connectivity index (χ0v) is 15.7. The number of carbonyl (C=O) groups excluding carboxylic acids is 2. The maximum absolute atomic E-state index is 12.0. The molecule has 0 fully saturated rings. The number of carbonyl (C=O) groups is 2. The fraction of sp³-hybridized carbons (Fsp3) is 0.300. The molecule has 0 aliphatic rings. The van der Waals surface area contributed by atoms with E-state index in [1.165, 1.54) is 0 Å². The van der Waals surface area contributed by atoms with Gasteiger partial charge in [-0.15, -0.1) is 0 Å². The molecule has 26 heavy (non-hydrogen) atoms. The van der Waals surface area contributed by atoms with Crippen LogP contribution in [0.1, 0.15) is 31.0 Å². The third-order valence-electron chi connectivity index (χ3n) is 3.93. The number of benzene rings is 2. The normalized spacial score (nSPS) is 11.8. The molecule has 2 aromatic rings. The van der Waals surface area contributed by atoms with Crippen LogP contribution in [0.4, 0.5) is 4.79 Å². The van der Waals surface area contributed by atoms with Crippen LogP contribution in [-0.2, 0) is 11.3 Å². The van der Waals surface area contributed by atoms with Crippen LogP contribution in [0.2, 0.25) is 5.02 Å². The van der Waals surface area contributed by atoms with Crippen molar-refractivity contribution in [3.8, 4) is 0 Å². The molecule has 0 aliphatic carbocycles. The molecule has 3 N–H and O–H groups in total. The predicted molar refractivity (Wildman–Crippen MR) is 104 cm³/mol. The summed E-state index contributed by atoms with van der Waals surface area (Å²) in [5.74, 6) is -0.106. The number of nitrogens with one attached hydrogen (secondary N) is 3. The van der Waals surface area contributed by atoms with Crippen LogP contribution in [0.25, 0.3) is 0 Å². The largest absolute Gasteiger partial charge is 0.334 e. The third kappa shape index (κ3) is 6.50. The van der Waals surface area contributed by atoms with Crippen LogP contribution < -0.4 is 16.0 Å². The Morgan fingerprint density at radius 3 is 2.27 bits per heavy atom. The number of amides is 3. The van der Waals surface area contributed by atoms with E-state index >= 15 is 0 Å². The molecular formula is C20H24ClN3O2. The van der Waals surface area contributed by atoms with Crippen molar-refractivity contribution in [3.05, 3.63) is 70.7 Å². The molecule has 0 aliphatic heterocycles. The molecule has 0 aromatic heterocycles. The van der Waals surface area contributed by atoms with E-state index in [0.717, 1.165) is 11.1 Å². The molecule has 0 spiro atoms. The average molecular weight is 374 g/mol. The molecule has 3 amide bonds. The highest BCUT2D eigenvalue weighted by molar-refractivity contribution is 6.30. The smallest absolute Gasteiger partial charge is 0.321 e. The molecule has 0 heterocycles. The van der Waals surface area contributed by atoms with E-state index in [0.29, 0.717) is 11.6 Å². The molecule has 2 aromatic carbocycles. The van der Waals surface area contributed by atoms with Crippen molar-refractivity contribution in [1.29, 1.82) is 0 Å². The van der Waals surface area contributed by atoms with Crippen LogP contribution in [0.3, 0.4) is 0 Å². The van der Waals surface area contributed by atoms with Gasteiger partial charge in [-0.3, -0.25) is 10.1 Å². The molecule has 0 saturated carbocycles. The van der Waals surface area contributed by atoms with Crippen molar-refractivity contribution in [1.82, 2.24) is 16.0 Å². The second-order valence-electron chi connectivity index (χ2n) is 6.37. The Hall–Kier alpha value is -2.37. The highest BCUT2D eigenvalue weighted by Gasteiger charge is 2.17. The summed E-state index contributed by atoms with van der Waals surface area (Å²) in [5, 5.41) is 8.87. The lowest BCUT2D eigenvalue weighted by molar-refractivity contribution is -0.119. The third-order valence-corrected chi connectivity index (χ3v) is 4.18. The number of hydrogen-bond acceptors (Lipinski definition) is 3. The number of rotatable bonds is 7. The maximum Gasteiger partial charge on any atom is 0.321 e. The van der Waals surface area contributed by atoms with Gasteiger partial charge in [0, 0.05) is 17.6 Å². The summed E-state index contributed by atoms with van der Waals surface area (Å²) in [5.41, 5.74) is 2.02. The summed E-state index contributed by atoms with van der Waals surface area (Å²) < 4.78 is 0. The number of urea groups is 1. The van der Waals surface area contributed by atoms with E-state index in [9.17, 15) is 9.59 Å². The van der Waals surface area contributed by atoms with Gasteiger partial charge in [-0.25, -0.2) is 4.79 Å². The van der Waals surface area contributed by atoms with Crippen LogP contribution in [0, 0.1) is 5.92 Å². The lowest BCUT2D eigenvalue weighted by Crippen LogP contribution is -2.44. The van der Waals surface area contributed by atoms with E-state index in [2.05, 4.69) is 29.8 Å². The first kappa shape index (κ1) is 19.9. The molecule has 5 nitrogen and oxygen atoms in total. The van der Waals surface area contributed by atoms with Crippen molar-refractivity contribution in [2.45, 2.75) is 26.4 Å². The van der Waals surface area contributed by atoms with Gasteiger partial charge in [0.05, 0.1) is 6.54 Å². The van der Waals surface area contributed by atoms with Gasteiger partial charge in [0.25, 0.3) is 0 Å². The quantitative estimate of drug-likeness (QED) is 0.693. The first-order valence-electron chi connectivity index (χ1n) is 8.56. The standard InChI is InChI=1S/C20H24ClN3O2/c1-14(2)19(16-8-10-17(21)11-9-16)22-13-18(25)24-20(26)23-12-15-6-4-3-5-7-15/h3-11,14,19,22H,12-13H2,1-2H3,(H2,23,24,25,26)/t19-/m0/s1. The minimum Gasteiger partial charge on any atom is -0.334 e. The SMILES string of the molecule is CC(C)[C@H](NCC(=O)NC(=O)NCc1ccccc1)c1ccc(Cl)cc1. The summed E-state index contributed by atoms with van der Waals surface area (Å²) >= 11 is 5.93. The summed E-state index contributed by atoms with van der Waals surface area (Å²) in [6.07, 6.45) is 0. The van der Waals surface area contributed by atoms with Crippen molar-refractivity contribution < 1.29 is 9.59 Å². The van der Waals surface area contributed by atoms with E-state index in [1.54, 1.807) is 0 Å². The fourth-order valence-electron chi connectivity index (χ4n) is 2.60. The molecule has 0 unspecified atom stereocenters. The summed E-state index contributed by atoms with van der Waals surface area (Å²) in [4.78, 5) is 23.8. The second kappa shape index (κ2) is 9.94. The second-order valence-corrected chi connectivity index (χ2v) is 6.81. The Kier molecular flexibility index (Phi) is 7.63. The van der Waals surface area contributed by atoms with Crippen LogP contribution in [0.15, 0.2) is 54.6 Å². The molecule has 0 bridgehead atoms. The minimum atomic E-state index is -0.506. The summed E-state index contributed by atoms with van der Waals surface area (Å²) in [7, 11) is 0. The fourth-order valence-corrected chi connectivity index (χ4v) is 2.73. The van der Waals surface area contributed by atoms with E-state index in [4.69, 9.17) is 11.6 Å². The highest BCUT2D eigenvalue weighted by Crippen LogP contribution is 2.22. The Morgan fingerprint density at radius 2 is 1.65 bits per heavy atom. The Morgan fingerprint density at radius 1 is 1.00 bits per heavy atom. The molecule has 0 saturated heterocycles.